The summed E-state index contributed by atoms with van der Waals surface area (Å²) in [6.45, 7) is 0. The summed E-state index contributed by atoms with van der Waals surface area (Å²) in [7, 11) is -2.46. The molecule has 0 fully saturated rings. The van der Waals surface area contributed by atoms with Crippen molar-refractivity contribution in [3.05, 3.63) is 59.4 Å². The number of ether oxygens (including phenoxy) is 1. The predicted octanol–water partition coefficient (Wildman–Crippen LogP) is 2.80. The minimum Gasteiger partial charge on any atom is -0.494 e. The molecule has 0 radical (unpaired) electrons. The van der Waals surface area contributed by atoms with Crippen LogP contribution in [0.15, 0.2) is 47.4 Å². The lowest BCUT2D eigenvalue weighted by Gasteiger charge is -2.11. The average Bonchev–Trinajstić information content (AvgIpc) is 2.52. The highest BCUT2D eigenvalue weighted by Gasteiger charge is 2.21. The molecule has 1 unspecified atom stereocenters. The maximum absolute atomic E-state index is 13.7. The van der Waals surface area contributed by atoms with Gasteiger partial charge in [0.1, 0.15) is 4.83 Å². The first kappa shape index (κ1) is 17.6. The fourth-order valence-corrected chi connectivity index (χ4v) is 3.03. The van der Waals surface area contributed by atoms with Gasteiger partial charge in [0, 0.05) is 5.56 Å². The summed E-state index contributed by atoms with van der Waals surface area (Å²) in [5.41, 5.74) is 0.694. The van der Waals surface area contributed by atoms with Gasteiger partial charge in [0.25, 0.3) is 0 Å². The molecule has 23 heavy (non-hydrogen) atoms. The Morgan fingerprint density at radius 2 is 1.83 bits per heavy atom. The maximum Gasteiger partial charge on any atom is 0.238 e. The van der Waals surface area contributed by atoms with Crippen LogP contribution >= 0.6 is 15.9 Å². The number of carbonyl (C=O) groups excluding carboxylic acids is 1. The molecule has 0 saturated carbocycles. The Hall–Kier alpha value is -1.77. The molecule has 8 heteroatoms. The van der Waals surface area contributed by atoms with Crippen molar-refractivity contribution in [1.29, 1.82) is 0 Å². The van der Waals surface area contributed by atoms with E-state index in [1.54, 1.807) is 0 Å². The molecule has 0 aliphatic carbocycles. The van der Waals surface area contributed by atoms with Crippen molar-refractivity contribution < 1.29 is 22.3 Å². The van der Waals surface area contributed by atoms with E-state index in [2.05, 4.69) is 15.9 Å². The number of carbonyl (C=O) groups is 1. The number of hydrogen-bond donors (Lipinski definition) is 1. The zero-order chi connectivity index (χ0) is 17.2. The first-order chi connectivity index (χ1) is 10.7. The van der Waals surface area contributed by atoms with Crippen LogP contribution in [0.25, 0.3) is 0 Å². The number of primary sulfonamides is 1. The Morgan fingerprint density at radius 1 is 1.22 bits per heavy atom. The van der Waals surface area contributed by atoms with Crippen LogP contribution in [0, 0.1) is 5.82 Å². The van der Waals surface area contributed by atoms with E-state index in [-0.39, 0.29) is 22.0 Å². The van der Waals surface area contributed by atoms with Gasteiger partial charge in [-0.2, -0.15) is 0 Å². The third-order valence-corrected chi connectivity index (χ3v) is 5.04. The van der Waals surface area contributed by atoms with Crippen molar-refractivity contribution in [2.75, 3.05) is 7.11 Å². The molecule has 0 amide bonds. The lowest BCUT2D eigenvalue weighted by atomic mass is 10.0. The van der Waals surface area contributed by atoms with Gasteiger partial charge in [-0.15, -0.1) is 0 Å². The van der Waals surface area contributed by atoms with E-state index >= 15 is 0 Å². The van der Waals surface area contributed by atoms with Gasteiger partial charge < -0.3 is 4.74 Å². The quantitative estimate of drug-likeness (QED) is 0.616. The molecule has 0 aromatic heterocycles. The molecule has 5 nitrogen and oxygen atoms in total. The van der Waals surface area contributed by atoms with E-state index in [1.807, 2.05) is 0 Å². The molecule has 0 spiro atoms. The van der Waals surface area contributed by atoms with E-state index in [1.165, 1.54) is 43.5 Å². The Bertz CT molecular complexity index is 837. The standard InChI is InChI=1S/C15H13BrFNO4S/c1-22-13-7-4-10(8-12(13)17)15(19)14(16)9-2-5-11(6-3-9)23(18,20)21/h2-8,14H,1H3,(H2,18,20,21). The second-order valence-corrected chi connectivity index (χ2v) is 7.17. The van der Waals surface area contributed by atoms with E-state index < -0.39 is 20.7 Å². The zero-order valence-electron chi connectivity index (χ0n) is 12.0. The minimum atomic E-state index is -3.79. The highest BCUT2D eigenvalue weighted by atomic mass is 79.9. The second kappa shape index (κ2) is 6.77. The fraction of sp³-hybridized carbons (Fsp3) is 0.133. The van der Waals surface area contributed by atoms with Gasteiger partial charge in [-0.25, -0.2) is 17.9 Å². The molecule has 2 aromatic rings. The minimum absolute atomic E-state index is 0.0465. The number of Topliss-reactive ketones (excluding diaryl/α,β-unsaturated/α-hetero) is 1. The van der Waals surface area contributed by atoms with Gasteiger partial charge in [-0.05, 0) is 35.9 Å². The van der Waals surface area contributed by atoms with E-state index in [9.17, 15) is 17.6 Å². The summed E-state index contributed by atoms with van der Waals surface area (Å²) in [4.78, 5) is 11.6. The number of hydrogen-bond acceptors (Lipinski definition) is 4. The van der Waals surface area contributed by atoms with Gasteiger partial charge in [0.15, 0.2) is 17.3 Å². The summed E-state index contributed by atoms with van der Waals surface area (Å²) in [5, 5.41) is 5.02. The van der Waals surface area contributed by atoms with Crippen LogP contribution in [-0.2, 0) is 10.0 Å². The number of halogens is 2. The molecule has 2 aromatic carbocycles. The first-order valence-electron chi connectivity index (χ1n) is 6.38. The monoisotopic (exact) mass is 401 g/mol. The van der Waals surface area contributed by atoms with Crippen LogP contribution in [0.4, 0.5) is 4.39 Å². The lowest BCUT2D eigenvalue weighted by Crippen LogP contribution is -2.12. The van der Waals surface area contributed by atoms with E-state index in [4.69, 9.17) is 9.88 Å². The molecule has 0 aliphatic heterocycles. The second-order valence-electron chi connectivity index (χ2n) is 4.69. The van der Waals surface area contributed by atoms with Gasteiger partial charge in [-0.3, -0.25) is 4.79 Å². The van der Waals surface area contributed by atoms with Gasteiger partial charge in [0.2, 0.25) is 10.0 Å². The molecular formula is C15H13BrFNO4S. The van der Waals surface area contributed by atoms with Crippen LogP contribution in [0.2, 0.25) is 0 Å². The molecule has 122 valence electrons. The summed E-state index contributed by atoms with van der Waals surface area (Å²) >= 11 is 3.24. The van der Waals surface area contributed by atoms with Crippen molar-refractivity contribution in [3.8, 4) is 5.75 Å². The number of alkyl halides is 1. The molecule has 2 rings (SSSR count). The van der Waals surface area contributed by atoms with Gasteiger partial charge in [-0.1, -0.05) is 28.1 Å². The van der Waals surface area contributed by atoms with Crippen molar-refractivity contribution in [3.63, 3.8) is 0 Å². The highest BCUT2D eigenvalue weighted by Crippen LogP contribution is 2.29. The molecular weight excluding hydrogens is 389 g/mol. The van der Waals surface area contributed by atoms with Crippen LogP contribution < -0.4 is 9.88 Å². The smallest absolute Gasteiger partial charge is 0.238 e. The highest BCUT2D eigenvalue weighted by molar-refractivity contribution is 9.09. The lowest BCUT2D eigenvalue weighted by molar-refractivity contribution is 0.0991. The number of ketones is 1. The predicted molar refractivity (Wildman–Crippen MR) is 86.8 cm³/mol. The Kier molecular flexibility index (Phi) is 5.18. The van der Waals surface area contributed by atoms with Crippen LogP contribution in [-0.4, -0.2) is 21.3 Å². The Morgan fingerprint density at radius 3 is 2.30 bits per heavy atom. The van der Waals surface area contributed by atoms with Crippen molar-refractivity contribution in [2.24, 2.45) is 5.14 Å². The first-order valence-corrected chi connectivity index (χ1v) is 8.85. The normalized spacial score (nSPS) is 12.7. The number of rotatable bonds is 5. The topological polar surface area (TPSA) is 86.5 Å². The molecule has 0 saturated heterocycles. The Balaban J connectivity index is 2.27. The van der Waals surface area contributed by atoms with Crippen LogP contribution in [0.5, 0.6) is 5.75 Å². The number of nitrogens with two attached hydrogens (primary N) is 1. The van der Waals surface area contributed by atoms with Gasteiger partial charge in [0.05, 0.1) is 12.0 Å². The summed E-state index contributed by atoms with van der Waals surface area (Å²) in [5.74, 6) is -0.956. The zero-order valence-corrected chi connectivity index (χ0v) is 14.4. The largest absolute Gasteiger partial charge is 0.494 e. The molecule has 1 atom stereocenters. The van der Waals surface area contributed by atoms with Gasteiger partial charge >= 0.3 is 0 Å². The third kappa shape index (κ3) is 3.95. The maximum atomic E-state index is 13.7. The molecule has 0 heterocycles. The summed E-state index contributed by atoms with van der Waals surface area (Å²) in [6.07, 6.45) is 0. The number of methoxy groups -OCH3 is 1. The SMILES string of the molecule is COc1ccc(C(=O)C(Br)c2ccc(S(N)(=O)=O)cc2)cc1F. The van der Waals surface area contributed by atoms with Crippen molar-refractivity contribution in [1.82, 2.24) is 0 Å². The van der Waals surface area contributed by atoms with E-state index in [0.29, 0.717) is 5.56 Å². The summed E-state index contributed by atoms with van der Waals surface area (Å²) in [6, 6.07) is 9.47. The van der Waals surface area contributed by atoms with Crippen molar-refractivity contribution >= 4 is 31.7 Å². The molecule has 2 N–H and O–H groups in total. The average molecular weight is 402 g/mol. The summed E-state index contributed by atoms with van der Waals surface area (Å²) < 4.78 is 40.9. The van der Waals surface area contributed by atoms with Crippen LogP contribution in [0.3, 0.4) is 0 Å². The molecule has 0 bridgehead atoms. The van der Waals surface area contributed by atoms with Crippen LogP contribution in [0.1, 0.15) is 20.7 Å². The molecule has 0 aliphatic rings. The number of benzene rings is 2. The van der Waals surface area contributed by atoms with Crippen molar-refractivity contribution in [2.45, 2.75) is 9.72 Å². The third-order valence-electron chi connectivity index (χ3n) is 3.17. The van der Waals surface area contributed by atoms with E-state index in [0.717, 1.165) is 6.07 Å². The fourth-order valence-electron chi connectivity index (χ4n) is 1.94. The Labute approximate surface area is 141 Å². The number of sulfonamides is 1.